The quantitative estimate of drug-likeness (QED) is 0.713. The van der Waals surface area contributed by atoms with Crippen LogP contribution in [0.4, 0.5) is 0 Å². The number of hydrazine groups is 1. The van der Waals surface area contributed by atoms with Crippen molar-refractivity contribution in [3.8, 4) is 6.07 Å². The lowest BCUT2D eigenvalue weighted by Gasteiger charge is -2.40. The van der Waals surface area contributed by atoms with E-state index in [-0.39, 0.29) is 24.5 Å². The highest BCUT2D eigenvalue weighted by Gasteiger charge is 2.38. The zero-order chi connectivity index (χ0) is 23.1. The van der Waals surface area contributed by atoms with Crippen LogP contribution in [-0.2, 0) is 0 Å². The molecule has 9 nitrogen and oxygen atoms in total. The van der Waals surface area contributed by atoms with Crippen molar-refractivity contribution >= 4 is 11.9 Å². The highest BCUT2D eigenvalue weighted by atomic mass is 15.6. The van der Waals surface area contributed by atoms with Crippen LogP contribution >= 0.6 is 0 Å². The summed E-state index contributed by atoms with van der Waals surface area (Å²) in [6.45, 7) is 1.84. The minimum absolute atomic E-state index is 0.133. The van der Waals surface area contributed by atoms with Gasteiger partial charge in [-0.05, 0) is 25.0 Å². The van der Waals surface area contributed by atoms with Gasteiger partial charge in [0.1, 0.15) is 12.2 Å². The summed E-state index contributed by atoms with van der Waals surface area (Å²) in [4.78, 5) is 14.7. The third kappa shape index (κ3) is 3.91. The molecule has 1 aromatic rings. The number of nitrogens with zero attached hydrogens (tertiary/aromatic N) is 7. The van der Waals surface area contributed by atoms with Crippen molar-refractivity contribution in [2.45, 2.75) is 37.4 Å². The van der Waals surface area contributed by atoms with E-state index in [1.807, 2.05) is 37.5 Å². The Kier molecular flexibility index (Phi) is 5.66. The van der Waals surface area contributed by atoms with E-state index in [0.29, 0.717) is 5.56 Å². The molecule has 172 valence electrons. The number of nitrogens with one attached hydrogen (secondary N) is 1. The first kappa shape index (κ1) is 21.6. The minimum atomic E-state index is -0.190. The third-order valence-corrected chi connectivity index (χ3v) is 7.06. The molecule has 9 heteroatoms. The topological polar surface area (TPSA) is 99.5 Å². The molecule has 33 heavy (non-hydrogen) atoms. The Bertz CT molecular complexity index is 1060. The van der Waals surface area contributed by atoms with Crippen LogP contribution in [0.1, 0.15) is 24.0 Å². The van der Waals surface area contributed by atoms with E-state index in [1.165, 1.54) is 5.70 Å². The van der Waals surface area contributed by atoms with Crippen molar-refractivity contribution in [3.05, 3.63) is 59.1 Å². The van der Waals surface area contributed by atoms with Gasteiger partial charge in [-0.2, -0.15) is 5.26 Å². The van der Waals surface area contributed by atoms with Crippen LogP contribution in [0.5, 0.6) is 0 Å². The fourth-order valence-corrected chi connectivity index (χ4v) is 4.87. The molecule has 5 rings (SSSR count). The molecule has 3 N–H and O–H groups in total. The lowest BCUT2D eigenvalue weighted by molar-refractivity contribution is 0.0912. The van der Waals surface area contributed by atoms with Gasteiger partial charge in [-0.25, -0.2) is 10.0 Å². The van der Waals surface area contributed by atoms with Gasteiger partial charge >= 0.3 is 0 Å². The first-order valence-corrected chi connectivity index (χ1v) is 11.4. The average molecular weight is 446 g/mol. The van der Waals surface area contributed by atoms with E-state index in [1.54, 1.807) is 0 Å². The Hall–Kier alpha value is -3.19. The summed E-state index contributed by atoms with van der Waals surface area (Å²) in [5, 5.41) is 17.0. The average Bonchev–Trinajstić information content (AvgIpc) is 3.14. The lowest BCUT2D eigenvalue weighted by Crippen LogP contribution is -2.52. The number of nitriles is 1. The van der Waals surface area contributed by atoms with E-state index in [2.05, 4.69) is 57.7 Å². The van der Waals surface area contributed by atoms with Crippen LogP contribution in [0.3, 0.4) is 0 Å². The van der Waals surface area contributed by atoms with Gasteiger partial charge in [-0.15, -0.1) is 0 Å². The summed E-state index contributed by atoms with van der Waals surface area (Å²) in [5.74, 6) is 0. The predicted molar refractivity (Wildman–Crippen MR) is 129 cm³/mol. The molecule has 0 bridgehead atoms. The summed E-state index contributed by atoms with van der Waals surface area (Å²) in [5.41, 5.74) is 10.9. The van der Waals surface area contributed by atoms with Gasteiger partial charge in [0.05, 0.1) is 23.0 Å². The molecule has 0 aliphatic carbocycles. The van der Waals surface area contributed by atoms with Crippen molar-refractivity contribution in [1.29, 1.82) is 5.26 Å². The maximum absolute atomic E-state index is 9.23. The molecule has 1 aromatic carbocycles. The van der Waals surface area contributed by atoms with Crippen LogP contribution in [0, 0.1) is 11.3 Å². The summed E-state index contributed by atoms with van der Waals surface area (Å²) < 4.78 is 0. The van der Waals surface area contributed by atoms with Crippen LogP contribution in [0.15, 0.2) is 57.9 Å². The Morgan fingerprint density at radius 3 is 2.55 bits per heavy atom. The standard InChI is InChI=1S/C24H31N9/c1-30-15-21-20(32(30)3)14-27-23(31(21)2)19-13-28-24(33-10-8-18(26)9-11-33)29-22(19)17-6-4-16(12-25)5-7-17/h4-7,13-15,18,20,23-24,28H,8-11,26H2,1-3H3. The van der Waals surface area contributed by atoms with E-state index < -0.39 is 0 Å². The number of rotatable bonds is 3. The molecule has 4 aliphatic rings. The highest BCUT2D eigenvalue weighted by molar-refractivity contribution is 6.14. The molecule has 0 spiro atoms. The lowest BCUT2D eigenvalue weighted by atomic mass is 9.96. The molecule has 1 saturated heterocycles. The number of piperidine rings is 1. The van der Waals surface area contributed by atoms with Crippen LogP contribution < -0.4 is 11.1 Å². The molecule has 1 fully saturated rings. The number of benzene rings is 1. The van der Waals surface area contributed by atoms with E-state index in [4.69, 9.17) is 15.7 Å². The van der Waals surface area contributed by atoms with E-state index in [0.717, 1.165) is 42.8 Å². The van der Waals surface area contributed by atoms with Gasteiger partial charge < -0.3 is 21.0 Å². The first-order valence-electron chi connectivity index (χ1n) is 11.4. The second-order valence-electron chi connectivity index (χ2n) is 9.11. The molecular formula is C24H31N9. The van der Waals surface area contributed by atoms with Crippen LogP contribution in [0.2, 0.25) is 0 Å². The van der Waals surface area contributed by atoms with Crippen molar-refractivity contribution < 1.29 is 0 Å². The van der Waals surface area contributed by atoms with Gasteiger partial charge in [0.15, 0.2) is 6.29 Å². The summed E-state index contributed by atoms with van der Waals surface area (Å²) in [6, 6.07) is 10.3. The van der Waals surface area contributed by atoms with Crippen LogP contribution in [-0.4, -0.2) is 90.5 Å². The number of fused-ring (bicyclic) bond motifs is 1. The fraction of sp³-hybridized carbons (Fsp3) is 0.458. The van der Waals surface area contributed by atoms with Crippen molar-refractivity contribution in [2.24, 2.45) is 15.7 Å². The first-order chi connectivity index (χ1) is 16.0. The third-order valence-electron chi connectivity index (χ3n) is 7.06. The number of aliphatic imine (C=N–C) groups is 2. The SMILES string of the molecule is CN1C2=CN(C)N(C)C2C=NC1C1=CNC(N2CCC(N)CC2)N=C1c1ccc(C#N)cc1. The number of hydrogen-bond donors (Lipinski definition) is 2. The van der Waals surface area contributed by atoms with Gasteiger partial charge in [0.2, 0.25) is 0 Å². The number of likely N-dealkylation sites (N-methyl/N-ethyl adjacent to an activating group) is 2. The van der Waals surface area contributed by atoms with Gasteiger partial charge in [0.25, 0.3) is 0 Å². The van der Waals surface area contributed by atoms with Crippen LogP contribution in [0.25, 0.3) is 0 Å². The second kappa shape index (κ2) is 8.63. The van der Waals surface area contributed by atoms with Crippen molar-refractivity contribution in [1.82, 2.24) is 25.1 Å². The van der Waals surface area contributed by atoms with Gasteiger partial charge in [-0.1, -0.05) is 12.1 Å². The Morgan fingerprint density at radius 2 is 1.85 bits per heavy atom. The summed E-state index contributed by atoms with van der Waals surface area (Å²) >= 11 is 0. The second-order valence-corrected chi connectivity index (χ2v) is 9.11. The maximum atomic E-state index is 9.23. The Balaban J connectivity index is 1.49. The molecule has 0 amide bonds. The normalized spacial score (nSPS) is 28.6. The van der Waals surface area contributed by atoms with Crippen molar-refractivity contribution in [3.63, 3.8) is 0 Å². The Morgan fingerprint density at radius 1 is 1.12 bits per heavy atom. The zero-order valence-corrected chi connectivity index (χ0v) is 19.4. The zero-order valence-electron chi connectivity index (χ0n) is 19.4. The van der Waals surface area contributed by atoms with Crippen molar-refractivity contribution in [2.75, 3.05) is 34.2 Å². The molecule has 0 aromatic heterocycles. The number of likely N-dealkylation sites (tertiary alicyclic amines) is 1. The largest absolute Gasteiger partial charge is 0.357 e. The van der Waals surface area contributed by atoms with E-state index >= 15 is 0 Å². The number of hydrogen-bond acceptors (Lipinski definition) is 9. The van der Waals surface area contributed by atoms with E-state index in [9.17, 15) is 5.26 Å². The summed E-state index contributed by atoms with van der Waals surface area (Å²) in [6.07, 6.45) is 7.87. The smallest absolute Gasteiger partial charge is 0.176 e. The Labute approximate surface area is 195 Å². The van der Waals surface area contributed by atoms with Gasteiger partial charge in [0, 0.05) is 70.0 Å². The maximum Gasteiger partial charge on any atom is 0.176 e. The molecule has 3 atom stereocenters. The molecule has 3 unspecified atom stereocenters. The fourth-order valence-electron chi connectivity index (χ4n) is 4.87. The molecule has 4 heterocycles. The molecular weight excluding hydrogens is 414 g/mol. The summed E-state index contributed by atoms with van der Waals surface area (Å²) in [7, 11) is 6.19. The highest BCUT2D eigenvalue weighted by Crippen LogP contribution is 2.31. The minimum Gasteiger partial charge on any atom is -0.357 e. The molecule has 4 aliphatic heterocycles. The monoisotopic (exact) mass is 445 g/mol. The van der Waals surface area contributed by atoms with Gasteiger partial charge in [-0.3, -0.25) is 9.89 Å². The molecule has 0 radical (unpaired) electrons. The predicted octanol–water partition coefficient (Wildman–Crippen LogP) is 0.886. The molecule has 0 saturated carbocycles. The number of nitrogens with two attached hydrogens (primary N) is 1.